The van der Waals surface area contributed by atoms with E-state index in [0.29, 0.717) is 0 Å². The number of aromatic amines is 1. The molecular weight excluding hydrogens is 303 g/mol. The summed E-state index contributed by atoms with van der Waals surface area (Å²) in [6, 6.07) is 12.4. The number of carbonyl (C=O) groups excluding carboxylic acids is 1. The van der Waals surface area contributed by atoms with E-state index in [1.165, 1.54) is 17.7 Å². The van der Waals surface area contributed by atoms with Crippen LogP contribution in [-0.4, -0.2) is 10.9 Å². The summed E-state index contributed by atoms with van der Waals surface area (Å²) < 4.78 is 13.6. The van der Waals surface area contributed by atoms with E-state index in [4.69, 9.17) is 0 Å². The van der Waals surface area contributed by atoms with Gasteiger partial charge in [-0.25, -0.2) is 4.39 Å². The van der Waals surface area contributed by atoms with Gasteiger partial charge >= 0.3 is 0 Å². The second-order valence-electron chi connectivity index (χ2n) is 6.52. The molecule has 1 heterocycles. The number of aryl methyl sites for hydroxylation is 1. The molecule has 0 radical (unpaired) electrons. The number of hydrogen-bond acceptors (Lipinski definition) is 1. The standard InChI is InChI=1S/C20H21FN2O/c1-4-13-5-8-15(9-6-13)23-19(24)20(2,3)17-12-22-18-10-7-14(21)11-16(17)18/h5-12,22H,4H2,1-3H3,(H,23,24). The number of fused-ring (bicyclic) bond motifs is 1. The van der Waals surface area contributed by atoms with Crippen molar-refractivity contribution in [3.05, 3.63) is 65.6 Å². The van der Waals surface area contributed by atoms with Crippen LogP contribution in [0.25, 0.3) is 10.9 Å². The van der Waals surface area contributed by atoms with Crippen molar-refractivity contribution >= 4 is 22.5 Å². The number of hydrogen-bond donors (Lipinski definition) is 2. The molecule has 0 spiro atoms. The number of halogens is 1. The van der Waals surface area contributed by atoms with Crippen molar-refractivity contribution in [2.45, 2.75) is 32.6 Å². The molecule has 2 N–H and O–H groups in total. The van der Waals surface area contributed by atoms with Gasteiger partial charge in [0, 0.05) is 22.8 Å². The van der Waals surface area contributed by atoms with Crippen molar-refractivity contribution in [2.24, 2.45) is 0 Å². The molecule has 1 aromatic heterocycles. The lowest BCUT2D eigenvalue weighted by atomic mass is 9.83. The average Bonchev–Trinajstić information content (AvgIpc) is 2.99. The fraction of sp³-hybridized carbons (Fsp3) is 0.250. The minimum atomic E-state index is -0.796. The Balaban J connectivity index is 1.90. The highest BCUT2D eigenvalue weighted by Crippen LogP contribution is 2.32. The van der Waals surface area contributed by atoms with Gasteiger partial charge < -0.3 is 10.3 Å². The Morgan fingerprint density at radius 1 is 1.17 bits per heavy atom. The van der Waals surface area contributed by atoms with Crippen LogP contribution in [0.1, 0.15) is 31.9 Å². The quantitative estimate of drug-likeness (QED) is 0.712. The molecule has 0 aliphatic heterocycles. The molecule has 0 fully saturated rings. The Kier molecular flexibility index (Phi) is 4.14. The highest BCUT2D eigenvalue weighted by atomic mass is 19.1. The third-order valence-corrected chi connectivity index (χ3v) is 4.50. The van der Waals surface area contributed by atoms with Gasteiger partial charge in [-0.3, -0.25) is 4.79 Å². The number of aromatic nitrogens is 1. The first-order valence-corrected chi connectivity index (χ1v) is 8.09. The SMILES string of the molecule is CCc1ccc(NC(=O)C(C)(C)c2c[nH]c3ccc(F)cc23)cc1. The Bertz CT molecular complexity index is 878. The van der Waals surface area contributed by atoms with Crippen molar-refractivity contribution in [3.8, 4) is 0 Å². The fourth-order valence-corrected chi connectivity index (χ4v) is 2.84. The molecule has 0 atom stereocenters. The Labute approximate surface area is 140 Å². The number of H-pyrrole nitrogens is 1. The summed E-state index contributed by atoms with van der Waals surface area (Å²) in [6.07, 6.45) is 2.74. The molecule has 2 aromatic carbocycles. The van der Waals surface area contributed by atoms with Crippen molar-refractivity contribution in [1.82, 2.24) is 4.98 Å². The van der Waals surface area contributed by atoms with E-state index in [2.05, 4.69) is 17.2 Å². The Morgan fingerprint density at radius 2 is 1.88 bits per heavy atom. The van der Waals surface area contributed by atoms with E-state index in [0.717, 1.165) is 28.6 Å². The highest BCUT2D eigenvalue weighted by molar-refractivity contribution is 6.01. The maximum Gasteiger partial charge on any atom is 0.234 e. The van der Waals surface area contributed by atoms with Crippen LogP contribution < -0.4 is 5.32 Å². The van der Waals surface area contributed by atoms with Crippen LogP contribution in [0.15, 0.2) is 48.7 Å². The zero-order valence-electron chi connectivity index (χ0n) is 14.1. The molecule has 0 bridgehead atoms. The lowest BCUT2D eigenvalue weighted by molar-refractivity contribution is -0.120. The minimum absolute atomic E-state index is 0.128. The largest absolute Gasteiger partial charge is 0.361 e. The zero-order valence-corrected chi connectivity index (χ0v) is 14.1. The summed E-state index contributed by atoms with van der Waals surface area (Å²) in [5.74, 6) is -0.438. The minimum Gasteiger partial charge on any atom is -0.361 e. The van der Waals surface area contributed by atoms with Gasteiger partial charge in [0.1, 0.15) is 5.82 Å². The van der Waals surface area contributed by atoms with E-state index < -0.39 is 5.41 Å². The van der Waals surface area contributed by atoms with Gasteiger partial charge in [0.15, 0.2) is 0 Å². The summed E-state index contributed by atoms with van der Waals surface area (Å²) in [7, 11) is 0. The predicted octanol–water partition coefficient (Wildman–Crippen LogP) is 4.79. The Morgan fingerprint density at radius 3 is 2.54 bits per heavy atom. The molecule has 1 amide bonds. The van der Waals surface area contributed by atoms with E-state index in [1.54, 1.807) is 12.3 Å². The molecule has 3 nitrogen and oxygen atoms in total. The van der Waals surface area contributed by atoms with E-state index in [1.807, 2.05) is 38.1 Å². The monoisotopic (exact) mass is 324 g/mol. The van der Waals surface area contributed by atoms with Crippen LogP contribution in [0.3, 0.4) is 0 Å². The second-order valence-corrected chi connectivity index (χ2v) is 6.52. The molecule has 0 aliphatic rings. The van der Waals surface area contributed by atoms with Crippen LogP contribution in [0, 0.1) is 5.82 Å². The smallest absolute Gasteiger partial charge is 0.234 e. The summed E-state index contributed by atoms with van der Waals surface area (Å²) in [5, 5.41) is 3.69. The number of carbonyl (C=O) groups is 1. The van der Waals surface area contributed by atoms with Gasteiger partial charge in [-0.1, -0.05) is 19.1 Å². The molecule has 0 saturated carbocycles. The number of rotatable bonds is 4. The van der Waals surface area contributed by atoms with Gasteiger partial charge in [-0.15, -0.1) is 0 Å². The highest BCUT2D eigenvalue weighted by Gasteiger charge is 2.32. The number of anilines is 1. The summed E-state index contributed by atoms with van der Waals surface area (Å²) in [5.41, 5.74) is 2.78. The molecule has 0 saturated heterocycles. The predicted molar refractivity (Wildman–Crippen MR) is 95.7 cm³/mol. The first-order valence-electron chi connectivity index (χ1n) is 8.09. The summed E-state index contributed by atoms with van der Waals surface area (Å²) in [4.78, 5) is 15.9. The molecule has 4 heteroatoms. The van der Waals surface area contributed by atoms with Crippen LogP contribution in [0.5, 0.6) is 0 Å². The maximum absolute atomic E-state index is 13.6. The van der Waals surface area contributed by atoms with E-state index in [9.17, 15) is 9.18 Å². The third-order valence-electron chi connectivity index (χ3n) is 4.50. The van der Waals surface area contributed by atoms with Crippen molar-refractivity contribution in [2.75, 3.05) is 5.32 Å². The molecule has 0 aliphatic carbocycles. The van der Waals surface area contributed by atoms with Crippen LogP contribution >= 0.6 is 0 Å². The molecule has 124 valence electrons. The van der Waals surface area contributed by atoms with Crippen LogP contribution in [0.2, 0.25) is 0 Å². The zero-order chi connectivity index (χ0) is 17.3. The normalized spacial score (nSPS) is 11.7. The first kappa shape index (κ1) is 16.2. The molecule has 3 aromatic rings. The lowest BCUT2D eigenvalue weighted by Crippen LogP contribution is -2.34. The van der Waals surface area contributed by atoms with E-state index >= 15 is 0 Å². The first-order chi connectivity index (χ1) is 11.4. The van der Waals surface area contributed by atoms with Crippen LogP contribution in [0.4, 0.5) is 10.1 Å². The fourth-order valence-electron chi connectivity index (χ4n) is 2.84. The van der Waals surface area contributed by atoms with Gasteiger partial charge in [-0.2, -0.15) is 0 Å². The molecular formula is C20H21FN2O. The molecule has 0 unspecified atom stereocenters. The van der Waals surface area contributed by atoms with Crippen LogP contribution in [-0.2, 0) is 16.6 Å². The van der Waals surface area contributed by atoms with Crippen molar-refractivity contribution in [3.63, 3.8) is 0 Å². The molecule has 3 rings (SSSR count). The number of amides is 1. The lowest BCUT2D eigenvalue weighted by Gasteiger charge is -2.23. The summed E-state index contributed by atoms with van der Waals surface area (Å²) in [6.45, 7) is 5.78. The number of nitrogens with one attached hydrogen (secondary N) is 2. The Hall–Kier alpha value is -2.62. The maximum atomic E-state index is 13.6. The van der Waals surface area contributed by atoms with Crippen molar-refractivity contribution in [1.29, 1.82) is 0 Å². The number of benzene rings is 2. The van der Waals surface area contributed by atoms with Gasteiger partial charge in [0.05, 0.1) is 5.41 Å². The van der Waals surface area contributed by atoms with Gasteiger partial charge in [-0.05, 0) is 61.7 Å². The van der Waals surface area contributed by atoms with E-state index in [-0.39, 0.29) is 11.7 Å². The average molecular weight is 324 g/mol. The molecule has 24 heavy (non-hydrogen) atoms. The van der Waals surface area contributed by atoms with Gasteiger partial charge in [0.25, 0.3) is 0 Å². The second kappa shape index (κ2) is 6.11. The topological polar surface area (TPSA) is 44.9 Å². The summed E-state index contributed by atoms with van der Waals surface area (Å²) >= 11 is 0. The van der Waals surface area contributed by atoms with Crippen molar-refractivity contribution < 1.29 is 9.18 Å². The van der Waals surface area contributed by atoms with Gasteiger partial charge in [0.2, 0.25) is 5.91 Å². The third kappa shape index (κ3) is 2.92.